The third-order valence-corrected chi connectivity index (χ3v) is 3.01. The molecular formula is C14H15N5O4. The van der Waals surface area contributed by atoms with E-state index in [1.807, 2.05) is 0 Å². The predicted molar refractivity (Wildman–Crippen MR) is 83.4 cm³/mol. The van der Waals surface area contributed by atoms with Gasteiger partial charge in [0.05, 0.1) is 4.92 Å². The van der Waals surface area contributed by atoms with Gasteiger partial charge in [0.1, 0.15) is 5.69 Å². The van der Waals surface area contributed by atoms with Crippen LogP contribution in [0.3, 0.4) is 0 Å². The standard InChI is InChI=1S/C14H15N5O4/c1-18-13(20)7-6-12(17-18)14(21)16-9-8-15-10-2-4-11(5-3-10)19(22)23/h2-7,15H,8-9H2,1H3,(H,16,21). The quantitative estimate of drug-likeness (QED) is 0.456. The normalized spacial score (nSPS) is 10.1. The molecule has 0 unspecified atom stereocenters. The third-order valence-electron chi connectivity index (χ3n) is 3.01. The van der Waals surface area contributed by atoms with E-state index < -0.39 is 4.92 Å². The zero-order chi connectivity index (χ0) is 16.8. The maximum absolute atomic E-state index is 11.8. The van der Waals surface area contributed by atoms with E-state index in [9.17, 15) is 19.7 Å². The van der Waals surface area contributed by atoms with Crippen LogP contribution in [0.4, 0.5) is 11.4 Å². The maximum atomic E-state index is 11.8. The number of carbonyl (C=O) groups is 1. The first kappa shape index (κ1) is 16.1. The highest BCUT2D eigenvalue weighted by Gasteiger charge is 2.08. The molecule has 120 valence electrons. The van der Waals surface area contributed by atoms with Crippen LogP contribution in [0.1, 0.15) is 10.5 Å². The van der Waals surface area contributed by atoms with Gasteiger partial charge in [0.15, 0.2) is 0 Å². The number of nitro benzene ring substituents is 1. The number of anilines is 1. The summed E-state index contributed by atoms with van der Waals surface area (Å²) >= 11 is 0. The number of nitrogens with one attached hydrogen (secondary N) is 2. The van der Waals surface area contributed by atoms with Crippen LogP contribution < -0.4 is 16.2 Å². The lowest BCUT2D eigenvalue weighted by Crippen LogP contribution is -2.31. The summed E-state index contributed by atoms with van der Waals surface area (Å²) in [7, 11) is 1.47. The molecule has 2 rings (SSSR count). The van der Waals surface area contributed by atoms with Crippen molar-refractivity contribution in [1.82, 2.24) is 15.1 Å². The fraction of sp³-hybridized carbons (Fsp3) is 0.214. The number of carbonyl (C=O) groups excluding carboxylic acids is 1. The van der Waals surface area contributed by atoms with E-state index in [0.717, 1.165) is 4.68 Å². The minimum atomic E-state index is -0.468. The van der Waals surface area contributed by atoms with Crippen molar-refractivity contribution < 1.29 is 9.72 Å². The zero-order valence-corrected chi connectivity index (χ0v) is 12.4. The maximum Gasteiger partial charge on any atom is 0.271 e. The summed E-state index contributed by atoms with van der Waals surface area (Å²) in [6.45, 7) is 0.773. The molecule has 2 N–H and O–H groups in total. The Kier molecular flexibility index (Phi) is 5.03. The molecule has 0 saturated carbocycles. The Bertz CT molecular complexity index is 769. The number of aromatic nitrogens is 2. The number of nitrogens with zero attached hydrogens (tertiary/aromatic N) is 3. The lowest BCUT2D eigenvalue weighted by molar-refractivity contribution is -0.384. The van der Waals surface area contributed by atoms with Crippen molar-refractivity contribution >= 4 is 17.3 Å². The molecule has 0 aliphatic heterocycles. The Labute approximate surface area is 131 Å². The molecule has 1 aromatic carbocycles. The summed E-state index contributed by atoms with van der Waals surface area (Å²) in [5, 5.41) is 20.1. The number of hydrogen-bond acceptors (Lipinski definition) is 6. The van der Waals surface area contributed by atoms with Crippen molar-refractivity contribution in [3.8, 4) is 0 Å². The molecular weight excluding hydrogens is 302 g/mol. The lowest BCUT2D eigenvalue weighted by atomic mass is 10.3. The van der Waals surface area contributed by atoms with Crippen LogP contribution >= 0.6 is 0 Å². The first-order valence-corrected chi connectivity index (χ1v) is 6.78. The summed E-state index contributed by atoms with van der Waals surface area (Å²) in [5.74, 6) is -0.383. The Morgan fingerprint density at radius 1 is 1.22 bits per heavy atom. The first-order chi connectivity index (χ1) is 11.0. The molecule has 0 aliphatic carbocycles. The number of aryl methyl sites for hydroxylation is 1. The molecule has 1 aromatic heterocycles. The van der Waals surface area contributed by atoms with Crippen LogP contribution in [0.5, 0.6) is 0 Å². The predicted octanol–water partition coefficient (Wildman–Crippen LogP) is 0.530. The van der Waals surface area contributed by atoms with Gasteiger partial charge in [0.25, 0.3) is 17.2 Å². The monoisotopic (exact) mass is 317 g/mol. The number of rotatable bonds is 6. The minimum absolute atomic E-state index is 0.0182. The third kappa shape index (κ3) is 4.37. The van der Waals surface area contributed by atoms with Crippen molar-refractivity contribution in [1.29, 1.82) is 0 Å². The molecule has 23 heavy (non-hydrogen) atoms. The van der Waals surface area contributed by atoms with E-state index >= 15 is 0 Å². The van der Waals surface area contributed by atoms with E-state index in [0.29, 0.717) is 18.8 Å². The highest BCUT2D eigenvalue weighted by atomic mass is 16.6. The summed E-state index contributed by atoms with van der Waals surface area (Å²) in [6.07, 6.45) is 0. The van der Waals surface area contributed by atoms with E-state index in [1.54, 1.807) is 12.1 Å². The SMILES string of the molecule is Cn1nc(C(=O)NCCNc2ccc([N+](=O)[O-])cc2)ccc1=O. The van der Waals surface area contributed by atoms with Gasteiger partial charge in [-0.05, 0) is 18.2 Å². The van der Waals surface area contributed by atoms with Gasteiger partial charge in [-0.1, -0.05) is 0 Å². The second kappa shape index (κ2) is 7.16. The van der Waals surface area contributed by atoms with Crippen molar-refractivity contribution in [2.45, 2.75) is 0 Å². The smallest absolute Gasteiger partial charge is 0.271 e. The topological polar surface area (TPSA) is 119 Å². The average molecular weight is 317 g/mol. The summed E-state index contributed by atoms with van der Waals surface area (Å²) in [5.41, 5.74) is 0.596. The largest absolute Gasteiger partial charge is 0.383 e. The van der Waals surface area contributed by atoms with E-state index in [2.05, 4.69) is 15.7 Å². The molecule has 2 aromatic rings. The van der Waals surface area contributed by atoms with Crippen LogP contribution in [0.15, 0.2) is 41.2 Å². The number of benzene rings is 1. The molecule has 0 spiro atoms. The van der Waals surface area contributed by atoms with E-state index in [-0.39, 0.29) is 22.8 Å². The molecule has 0 saturated heterocycles. The number of amides is 1. The minimum Gasteiger partial charge on any atom is -0.383 e. The number of hydrogen-bond donors (Lipinski definition) is 2. The fourth-order valence-electron chi connectivity index (χ4n) is 1.80. The van der Waals surface area contributed by atoms with Crippen LogP contribution in [0, 0.1) is 10.1 Å². The molecule has 0 atom stereocenters. The Hall–Kier alpha value is -3.23. The summed E-state index contributed by atoms with van der Waals surface area (Å²) in [6, 6.07) is 8.62. The Balaban J connectivity index is 1.80. The highest BCUT2D eigenvalue weighted by molar-refractivity contribution is 5.91. The van der Waals surface area contributed by atoms with Crippen LogP contribution in [-0.4, -0.2) is 33.7 Å². The van der Waals surface area contributed by atoms with Crippen LogP contribution in [0.25, 0.3) is 0 Å². The second-order valence-electron chi connectivity index (χ2n) is 4.67. The van der Waals surface area contributed by atoms with E-state index in [4.69, 9.17) is 0 Å². The van der Waals surface area contributed by atoms with Gasteiger partial charge in [0, 0.05) is 44.0 Å². The molecule has 9 heteroatoms. The molecule has 0 bridgehead atoms. The second-order valence-corrected chi connectivity index (χ2v) is 4.67. The van der Waals surface area contributed by atoms with Crippen molar-refractivity contribution in [2.24, 2.45) is 7.05 Å². The van der Waals surface area contributed by atoms with Gasteiger partial charge in [-0.25, -0.2) is 4.68 Å². The highest BCUT2D eigenvalue weighted by Crippen LogP contribution is 2.14. The lowest BCUT2D eigenvalue weighted by Gasteiger charge is -2.08. The van der Waals surface area contributed by atoms with Crippen molar-refractivity contribution in [3.63, 3.8) is 0 Å². The van der Waals surface area contributed by atoms with Gasteiger partial charge in [-0.3, -0.25) is 19.7 Å². The molecule has 0 radical (unpaired) electrons. The van der Waals surface area contributed by atoms with Crippen LogP contribution in [-0.2, 0) is 7.05 Å². The molecule has 9 nitrogen and oxygen atoms in total. The molecule has 0 aliphatic rings. The Morgan fingerprint density at radius 3 is 2.52 bits per heavy atom. The van der Waals surface area contributed by atoms with Gasteiger partial charge in [0.2, 0.25) is 0 Å². The first-order valence-electron chi connectivity index (χ1n) is 6.78. The fourth-order valence-corrected chi connectivity index (χ4v) is 1.80. The molecule has 1 amide bonds. The van der Waals surface area contributed by atoms with Gasteiger partial charge >= 0.3 is 0 Å². The van der Waals surface area contributed by atoms with Gasteiger partial charge in [-0.2, -0.15) is 5.10 Å². The van der Waals surface area contributed by atoms with Gasteiger partial charge in [-0.15, -0.1) is 0 Å². The average Bonchev–Trinajstić information content (AvgIpc) is 2.54. The Morgan fingerprint density at radius 2 is 1.91 bits per heavy atom. The molecule has 1 heterocycles. The molecule has 0 fully saturated rings. The van der Waals surface area contributed by atoms with Crippen molar-refractivity contribution in [3.05, 3.63) is 62.6 Å². The van der Waals surface area contributed by atoms with Crippen LogP contribution in [0.2, 0.25) is 0 Å². The zero-order valence-electron chi connectivity index (χ0n) is 12.4. The van der Waals surface area contributed by atoms with Crippen molar-refractivity contribution in [2.75, 3.05) is 18.4 Å². The van der Waals surface area contributed by atoms with Gasteiger partial charge < -0.3 is 10.6 Å². The van der Waals surface area contributed by atoms with E-state index in [1.165, 1.54) is 31.3 Å². The number of non-ortho nitro benzene ring substituents is 1. The summed E-state index contributed by atoms with van der Waals surface area (Å²) < 4.78 is 1.09. The number of nitro groups is 1. The summed E-state index contributed by atoms with van der Waals surface area (Å²) in [4.78, 5) is 33.1.